The molecule has 0 atom stereocenters. The standard InChI is InChI=1S/C24H17N3O3/c28-23-19(20-14-25-21-9-5-4-8-18(20)21)12-15-10-11-16(13-22(15)27-23)26-24(29)30-17-6-2-1-3-7-17/h1-14,25H,(H,26,29)(H,27,28). The number of fused-ring (bicyclic) bond motifs is 2. The summed E-state index contributed by atoms with van der Waals surface area (Å²) in [7, 11) is 0. The first-order valence-corrected chi connectivity index (χ1v) is 9.45. The Morgan fingerprint density at radius 1 is 0.833 bits per heavy atom. The van der Waals surface area contributed by atoms with Crippen LogP contribution in [0, 0.1) is 0 Å². The van der Waals surface area contributed by atoms with Gasteiger partial charge in [-0.25, -0.2) is 4.79 Å². The molecule has 0 bridgehead atoms. The molecule has 3 aromatic carbocycles. The molecule has 0 fully saturated rings. The number of amides is 1. The van der Waals surface area contributed by atoms with Crippen LogP contribution < -0.4 is 15.6 Å². The van der Waals surface area contributed by atoms with Gasteiger partial charge in [0.2, 0.25) is 0 Å². The number of nitrogens with one attached hydrogen (secondary N) is 3. The van der Waals surface area contributed by atoms with Crippen molar-refractivity contribution in [2.75, 3.05) is 5.32 Å². The second-order valence-corrected chi connectivity index (χ2v) is 6.89. The zero-order valence-electron chi connectivity index (χ0n) is 15.8. The number of hydrogen-bond donors (Lipinski definition) is 3. The maximum absolute atomic E-state index is 12.8. The summed E-state index contributed by atoms with van der Waals surface area (Å²) in [4.78, 5) is 31.0. The molecular weight excluding hydrogens is 378 g/mol. The minimum atomic E-state index is -0.599. The molecule has 3 N–H and O–H groups in total. The van der Waals surface area contributed by atoms with Gasteiger partial charge in [-0.1, -0.05) is 42.5 Å². The third kappa shape index (κ3) is 3.31. The van der Waals surface area contributed by atoms with E-state index in [0.717, 1.165) is 21.9 Å². The van der Waals surface area contributed by atoms with Crippen LogP contribution in [0.5, 0.6) is 5.75 Å². The lowest BCUT2D eigenvalue weighted by Gasteiger charge is -2.08. The fourth-order valence-corrected chi connectivity index (χ4v) is 3.51. The molecule has 2 aromatic heterocycles. The number of carbonyl (C=O) groups is 1. The van der Waals surface area contributed by atoms with E-state index in [1.54, 1.807) is 36.4 Å². The summed E-state index contributed by atoms with van der Waals surface area (Å²) in [6, 6.07) is 23.8. The van der Waals surface area contributed by atoms with E-state index in [1.165, 1.54) is 0 Å². The highest BCUT2D eigenvalue weighted by molar-refractivity contribution is 5.98. The lowest BCUT2D eigenvalue weighted by Crippen LogP contribution is -2.16. The van der Waals surface area contributed by atoms with Gasteiger partial charge in [-0.2, -0.15) is 0 Å². The van der Waals surface area contributed by atoms with Crippen molar-refractivity contribution >= 4 is 33.6 Å². The molecule has 5 rings (SSSR count). The number of hydrogen-bond acceptors (Lipinski definition) is 3. The Kier molecular flexibility index (Phi) is 4.29. The first-order chi connectivity index (χ1) is 14.7. The molecule has 5 aromatic rings. The molecule has 146 valence electrons. The molecule has 0 saturated heterocycles. The molecule has 6 nitrogen and oxygen atoms in total. The molecule has 30 heavy (non-hydrogen) atoms. The third-order valence-corrected chi connectivity index (χ3v) is 4.93. The van der Waals surface area contributed by atoms with Crippen LogP contribution in [0.4, 0.5) is 10.5 Å². The fourth-order valence-electron chi connectivity index (χ4n) is 3.51. The second-order valence-electron chi connectivity index (χ2n) is 6.89. The van der Waals surface area contributed by atoms with Crippen molar-refractivity contribution in [3.05, 3.63) is 95.4 Å². The number of ether oxygens (including phenoxy) is 1. The van der Waals surface area contributed by atoms with Crippen molar-refractivity contribution in [3.8, 4) is 16.9 Å². The topological polar surface area (TPSA) is 87.0 Å². The molecule has 0 radical (unpaired) electrons. The van der Waals surface area contributed by atoms with Gasteiger partial charge in [-0.05, 0) is 41.8 Å². The maximum Gasteiger partial charge on any atom is 0.417 e. The number of anilines is 1. The summed E-state index contributed by atoms with van der Waals surface area (Å²) in [5.74, 6) is 0.451. The van der Waals surface area contributed by atoms with E-state index in [0.29, 0.717) is 22.5 Å². The Balaban J connectivity index is 1.45. The smallest absolute Gasteiger partial charge is 0.410 e. The van der Waals surface area contributed by atoms with Crippen LogP contribution in [-0.4, -0.2) is 16.1 Å². The largest absolute Gasteiger partial charge is 0.417 e. The SMILES string of the molecule is O=C(Nc1ccc2cc(-c3c[nH]c4ccccc34)c(=O)[nH]c2c1)Oc1ccccc1. The van der Waals surface area contributed by atoms with Gasteiger partial charge < -0.3 is 14.7 Å². The molecule has 1 amide bonds. The van der Waals surface area contributed by atoms with Gasteiger partial charge in [0.1, 0.15) is 5.75 Å². The molecular formula is C24H17N3O3. The Morgan fingerprint density at radius 3 is 2.50 bits per heavy atom. The Bertz CT molecular complexity index is 1430. The Labute approximate surface area is 171 Å². The van der Waals surface area contributed by atoms with E-state index in [4.69, 9.17) is 4.74 Å². The first kappa shape index (κ1) is 17.8. The summed E-state index contributed by atoms with van der Waals surface area (Å²) >= 11 is 0. The maximum atomic E-state index is 12.8. The number of para-hydroxylation sites is 2. The van der Waals surface area contributed by atoms with E-state index < -0.39 is 6.09 Å². The molecule has 0 aliphatic rings. The van der Waals surface area contributed by atoms with E-state index in [9.17, 15) is 9.59 Å². The number of aromatic nitrogens is 2. The summed E-state index contributed by atoms with van der Waals surface area (Å²) in [5, 5.41) is 4.53. The zero-order valence-corrected chi connectivity index (χ0v) is 15.8. The highest BCUT2D eigenvalue weighted by atomic mass is 16.6. The molecule has 0 aliphatic carbocycles. The number of pyridine rings is 1. The van der Waals surface area contributed by atoms with Gasteiger partial charge in [0.25, 0.3) is 5.56 Å². The monoisotopic (exact) mass is 395 g/mol. The van der Waals surface area contributed by atoms with Crippen molar-refractivity contribution in [2.24, 2.45) is 0 Å². The van der Waals surface area contributed by atoms with Crippen molar-refractivity contribution in [1.29, 1.82) is 0 Å². The zero-order chi connectivity index (χ0) is 20.5. The average molecular weight is 395 g/mol. The molecule has 2 heterocycles. The number of aromatic amines is 2. The van der Waals surface area contributed by atoms with Crippen molar-refractivity contribution < 1.29 is 9.53 Å². The average Bonchev–Trinajstić information content (AvgIpc) is 3.18. The van der Waals surface area contributed by atoms with Gasteiger partial charge in [0, 0.05) is 33.9 Å². The highest BCUT2D eigenvalue weighted by Gasteiger charge is 2.12. The number of H-pyrrole nitrogens is 2. The lowest BCUT2D eigenvalue weighted by molar-refractivity contribution is 0.215. The predicted octanol–water partition coefficient (Wildman–Crippen LogP) is 5.29. The summed E-state index contributed by atoms with van der Waals surface area (Å²) in [6.45, 7) is 0. The molecule has 0 saturated carbocycles. The van der Waals surface area contributed by atoms with Crippen molar-refractivity contribution in [2.45, 2.75) is 0 Å². The number of benzene rings is 3. The van der Waals surface area contributed by atoms with E-state index in [2.05, 4.69) is 15.3 Å². The van der Waals surface area contributed by atoms with Crippen LogP contribution in [0.1, 0.15) is 0 Å². The van der Waals surface area contributed by atoms with Crippen molar-refractivity contribution in [1.82, 2.24) is 9.97 Å². The van der Waals surface area contributed by atoms with Crippen LogP contribution >= 0.6 is 0 Å². The van der Waals surface area contributed by atoms with Crippen LogP contribution in [0.3, 0.4) is 0 Å². The minimum absolute atomic E-state index is 0.198. The molecule has 0 aliphatic heterocycles. The molecule has 0 unspecified atom stereocenters. The Hall–Kier alpha value is -4.32. The quantitative estimate of drug-likeness (QED) is 0.388. The molecule has 0 spiro atoms. The van der Waals surface area contributed by atoms with E-state index in [-0.39, 0.29) is 5.56 Å². The first-order valence-electron chi connectivity index (χ1n) is 9.45. The van der Waals surface area contributed by atoms with Gasteiger partial charge in [0.05, 0.1) is 5.52 Å². The summed E-state index contributed by atoms with van der Waals surface area (Å²) in [5.41, 5.74) is 3.37. The summed E-state index contributed by atoms with van der Waals surface area (Å²) in [6.07, 6.45) is 1.25. The molecule has 6 heteroatoms. The normalized spacial score (nSPS) is 10.9. The van der Waals surface area contributed by atoms with Crippen LogP contribution in [0.25, 0.3) is 32.9 Å². The highest BCUT2D eigenvalue weighted by Crippen LogP contribution is 2.28. The fraction of sp³-hybridized carbons (Fsp3) is 0. The van der Waals surface area contributed by atoms with Crippen LogP contribution in [0.15, 0.2) is 89.9 Å². The van der Waals surface area contributed by atoms with Gasteiger partial charge >= 0.3 is 6.09 Å². The van der Waals surface area contributed by atoms with Crippen LogP contribution in [-0.2, 0) is 0 Å². The minimum Gasteiger partial charge on any atom is -0.410 e. The summed E-state index contributed by atoms with van der Waals surface area (Å²) < 4.78 is 5.24. The van der Waals surface area contributed by atoms with Gasteiger partial charge in [0.15, 0.2) is 0 Å². The number of rotatable bonds is 3. The number of carbonyl (C=O) groups excluding carboxylic acids is 1. The second kappa shape index (κ2) is 7.25. The Morgan fingerprint density at radius 2 is 1.63 bits per heavy atom. The van der Waals surface area contributed by atoms with E-state index >= 15 is 0 Å². The third-order valence-electron chi connectivity index (χ3n) is 4.93. The van der Waals surface area contributed by atoms with E-state index in [1.807, 2.05) is 48.7 Å². The van der Waals surface area contributed by atoms with Crippen LogP contribution in [0.2, 0.25) is 0 Å². The van der Waals surface area contributed by atoms with Gasteiger partial charge in [-0.15, -0.1) is 0 Å². The van der Waals surface area contributed by atoms with Crippen molar-refractivity contribution in [3.63, 3.8) is 0 Å². The lowest BCUT2D eigenvalue weighted by atomic mass is 10.0. The predicted molar refractivity (Wildman–Crippen MR) is 118 cm³/mol. The van der Waals surface area contributed by atoms with Gasteiger partial charge in [-0.3, -0.25) is 10.1 Å².